The molecule has 6 heteroatoms. The number of aromatic amines is 1. The Morgan fingerprint density at radius 2 is 2.00 bits per heavy atom. The van der Waals surface area contributed by atoms with Gasteiger partial charge in [0.25, 0.3) is 0 Å². The van der Waals surface area contributed by atoms with Crippen molar-refractivity contribution in [3.63, 3.8) is 0 Å². The number of benzene rings is 1. The Hall–Kier alpha value is -2.50. The first-order valence-corrected chi connectivity index (χ1v) is 4.93. The number of H-pyrrole nitrogens is 1. The van der Waals surface area contributed by atoms with E-state index in [4.69, 9.17) is 0 Å². The Labute approximate surface area is 94.6 Å². The van der Waals surface area contributed by atoms with Crippen LogP contribution in [-0.2, 0) is 0 Å². The number of halogens is 1. The van der Waals surface area contributed by atoms with Crippen LogP contribution in [0.15, 0.2) is 41.6 Å². The molecule has 0 aliphatic carbocycles. The van der Waals surface area contributed by atoms with Gasteiger partial charge < -0.3 is 0 Å². The summed E-state index contributed by atoms with van der Waals surface area (Å²) >= 11 is 0. The summed E-state index contributed by atoms with van der Waals surface area (Å²) in [6.07, 6.45) is 2.84. The van der Waals surface area contributed by atoms with Crippen LogP contribution in [0.25, 0.3) is 16.8 Å². The second-order valence-electron chi connectivity index (χ2n) is 3.51. The average Bonchev–Trinajstić information content (AvgIpc) is 2.75. The molecule has 0 fully saturated rings. The van der Waals surface area contributed by atoms with Gasteiger partial charge in [0.1, 0.15) is 5.82 Å². The van der Waals surface area contributed by atoms with Crippen molar-refractivity contribution in [1.82, 2.24) is 19.6 Å². The Kier molecular flexibility index (Phi) is 2.01. The molecule has 0 atom stereocenters. The van der Waals surface area contributed by atoms with E-state index in [1.807, 2.05) is 0 Å². The molecule has 1 N–H and O–H groups in total. The van der Waals surface area contributed by atoms with Gasteiger partial charge in [-0.3, -0.25) is 4.98 Å². The predicted octanol–water partition coefficient (Wildman–Crippen LogP) is 1.22. The van der Waals surface area contributed by atoms with Crippen LogP contribution in [0.4, 0.5) is 4.39 Å². The number of rotatable bonds is 1. The molecule has 0 radical (unpaired) electrons. The highest BCUT2D eigenvalue weighted by Crippen LogP contribution is 2.21. The summed E-state index contributed by atoms with van der Waals surface area (Å²) in [4.78, 5) is 17.9. The van der Waals surface area contributed by atoms with Crippen LogP contribution < -0.4 is 5.69 Å². The van der Waals surface area contributed by atoms with Crippen LogP contribution in [0, 0.1) is 5.82 Å². The largest absolute Gasteiger partial charge is 0.349 e. The minimum atomic E-state index is -0.358. The molecule has 0 unspecified atom stereocenters. The first-order valence-electron chi connectivity index (χ1n) is 4.93. The summed E-state index contributed by atoms with van der Waals surface area (Å²) < 4.78 is 14.0. The number of hydrogen-bond acceptors (Lipinski definition) is 3. The number of nitrogens with one attached hydrogen (secondary N) is 1. The molecule has 3 rings (SSSR count). The fraction of sp³-hybridized carbons (Fsp3) is 0. The molecule has 0 saturated carbocycles. The van der Waals surface area contributed by atoms with E-state index in [0.29, 0.717) is 11.2 Å². The number of aromatic nitrogens is 4. The maximum Gasteiger partial charge on any atom is 0.349 e. The first-order chi connectivity index (χ1) is 8.25. The molecule has 2 aromatic heterocycles. The normalized spacial score (nSPS) is 10.9. The van der Waals surface area contributed by atoms with Gasteiger partial charge >= 0.3 is 5.69 Å². The van der Waals surface area contributed by atoms with E-state index >= 15 is 0 Å². The number of hydrogen-bond donors (Lipinski definition) is 1. The van der Waals surface area contributed by atoms with Gasteiger partial charge in [0.15, 0.2) is 5.65 Å². The lowest BCUT2D eigenvalue weighted by atomic mass is 10.1. The molecule has 0 amide bonds. The molecule has 17 heavy (non-hydrogen) atoms. The standard InChI is InChI=1S/C11H7FN4O/c12-8-3-1-7(2-4-8)9-5-15-16-10(9)13-6-14-11(16)17/h1-6H,(H,13,14,17). The second-order valence-corrected chi connectivity index (χ2v) is 3.51. The fourth-order valence-electron chi connectivity index (χ4n) is 1.66. The highest BCUT2D eigenvalue weighted by Gasteiger charge is 2.09. The molecule has 0 aliphatic rings. The quantitative estimate of drug-likeness (QED) is 0.683. The molecule has 3 aromatic rings. The smallest absolute Gasteiger partial charge is 0.296 e. The van der Waals surface area contributed by atoms with E-state index in [0.717, 1.165) is 5.56 Å². The lowest BCUT2D eigenvalue weighted by molar-refractivity contribution is 0.628. The molecule has 0 spiro atoms. The van der Waals surface area contributed by atoms with Gasteiger partial charge in [-0.15, -0.1) is 0 Å². The highest BCUT2D eigenvalue weighted by molar-refractivity contribution is 5.76. The van der Waals surface area contributed by atoms with Crippen LogP contribution in [0.5, 0.6) is 0 Å². The monoisotopic (exact) mass is 230 g/mol. The Balaban J connectivity index is 2.28. The van der Waals surface area contributed by atoms with Crippen molar-refractivity contribution in [2.45, 2.75) is 0 Å². The minimum Gasteiger partial charge on any atom is -0.296 e. The van der Waals surface area contributed by atoms with Gasteiger partial charge in [0, 0.05) is 5.56 Å². The summed E-state index contributed by atoms with van der Waals surface area (Å²) in [5.41, 5.74) is 1.54. The molecule has 0 bridgehead atoms. The number of fused-ring (bicyclic) bond motifs is 1. The van der Waals surface area contributed by atoms with Crippen molar-refractivity contribution < 1.29 is 4.39 Å². The summed E-state index contributed by atoms with van der Waals surface area (Å²) in [5, 5.41) is 3.93. The van der Waals surface area contributed by atoms with E-state index in [2.05, 4.69) is 15.1 Å². The Bertz CT molecular complexity index is 729. The van der Waals surface area contributed by atoms with E-state index < -0.39 is 0 Å². The third-order valence-electron chi connectivity index (χ3n) is 2.47. The zero-order valence-electron chi connectivity index (χ0n) is 8.59. The Morgan fingerprint density at radius 1 is 1.24 bits per heavy atom. The van der Waals surface area contributed by atoms with E-state index in [-0.39, 0.29) is 11.5 Å². The van der Waals surface area contributed by atoms with Crippen LogP contribution in [0.2, 0.25) is 0 Å². The summed E-state index contributed by atoms with van der Waals surface area (Å²) in [6, 6.07) is 5.95. The van der Waals surface area contributed by atoms with Gasteiger partial charge in [-0.05, 0) is 17.7 Å². The zero-order valence-corrected chi connectivity index (χ0v) is 8.59. The molecule has 1 aromatic carbocycles. The fourth-order valence-corrected chi connectivity index (χ4v) is 1.66. The summed E-state index contributed by atoms with van der Waals surface area (Å²) in [5.74, 6) is -0.309. The van der Waals surface area contributed by atoms with Gasteiger partial charge in [-0.1, -0.05) is 12.1 Å². The third-order valence-corrected chi connectivity index (χ3v) is 2.47. The Morgan fingerprint density at radius 3 is 2.76 bits per heavy atom. The molecule has 5 nitrogen and oxygen atoms in total. The first kappa shape index (κ1) is 9.71. The van der Waals surface area contributed by atoms with Crippen molar-refractivity contribution >= 4 is 5.65 Å². The van der Waals surface area contributed by atoms with Gasteiger partial charge in [0.2, 0.25) is 0 Å². The lowest BCUT2D eigenvalue weighted by Crippen LogP contribution is -2.17. The number of nitrogens with zero attached hydrogens (tertiary/aromatic N) is 3. The van der Waals surface area contributed by atoms with Crippen LogP contribution >= 0.6 is 0 Å². The van der Waals surface area contributed by atoms with E-state index in [1.54, 1.807) is 12.1 Å². The predicted molar refractivity (Wildman–Crippen MR) is 59.0 cm³/mol. The highest BCUT2D eigenvalue weighted by atomic mass is 19.1. The van der Waals surface area contributed by atoms with Gasteiger partial charge in [-0.2, -0.15) is 9.61 Å². The third kappa shape index (κ3) is 1.50. The molecule has 2 heterocycles. The van der Waals surface area contributed by atoms with Crippen LogP contribution in [-0.4, -0.2) is 19.6 Å². The molecular formula is C11H7FN4O. The van der Waals surface area contributed by atoms with Crippen LogP contribution in [0.1, 0.15) is 0 Å². The average molecular weight is 230 g/mol. The van der Waals surface area contributed by atoms with Crippen molar-refractivity contribution in [3.8, 4) is 11.1 Å². The van der Waals surface area contributed by atoms with E-state index in [1.165, 1.54) is 29.2 Å². The maximum absolute atomic E-state index is 12.8. The zero-order chi connectivity index (χ0) is 11.8. The van der Waals surface area contributed by atoms with Crippen LogP contribution in [0.3, 0.4) is 0 Å². The summed E-state index contributed by atoms with van der Waals surface area (Å²) in [6.45, 7) is 0. The topological polar surface area (TPSA) is 63.0 Å². The van der Waals surface area contributed by atoms with Gasteiger partial charge in [0.05, 0.1) is 12.5 Å². The lowest BCUT2D eigenvalue weighted by Gasteiger charge is -1.97. The van der Waals surface area contributed by atoms with Crippen molar-refractivity contribution in [1.29, 1.82) is 0 Å². The molecule has 0 aliphatic heterocycles. The van der Waals surface area contributed by atoms with Gasteiger partial charge in [-0.25, -0.2) is 14.2 Å². The maximum atomic E-state index is 12.8. The molecule has 84 valence electrons. The van der Waals surface area contributed by atoms with E-state index in [9.17, 15) is 9.18 Å². The second kappa shape index (κ2) is 3.51. The minimum absolute atomic E-state index is 0.309. The summed E-state index contributed by atoms with van der Waals surface area (Å²) in [7, 11) is 0. The van der Waals surface area contributed by atoms with Crippen molar-refractivity contribution in [2.24, 2.45) is 0 Å². The molecule has 0 saturated heterocycles. The van der Waals surface area contributed by atoms with Crippen molar-refractivity contribution in [2.75, 3.05) is 0 Å². The SMILES string of the molecule is O=c1[nH]cnc2c(-c3ccc(F)cc3)cnn12. The molecular weight excluding hydrogens is 223 g/mol. The van der Waals surface area contributed by atoms with Crippen molar-refractivity contribution in [3.05, 3.63) is 53.1 Å².